The molecule has 0 aliphatic carbocycles. The largest absolute Gasteiger partial charge is 0.454 e. The smallest absolute Gasteiger partial charge is 0.266 e. The second-order valence-electron chi connectivity index (χ2n) is 7.18. The molecule has 0 N–H and O–H groups in total. The van der Waals surface area contributed by atoms with Crippen molar-refractivity contribution in [3.05, 3.63) is 46.6 Å². The summed E-state index contributed by atoms with van der Waals surface area (Å²) in [5, 5.41) is 0. The van der Waals surface area contributed by atoms with Crippen LogP contribution in [0.3, 0.4) is 0 Å². The zero-order chi connectivity index (χ0) is 19.8. The van der Waals surface area contributed by atoms with Crippen molar-refractivity contribution < 1.29 is 18.7 Å². The minimum absolute atomic E-state index is 0.103. The molecule has 0 unspecified atom stereocenters. The first-order chi connectivity index (χ1) is 14.2. The highest BCUT2D eigenvalue weighted by atomic mass is 32.2. The van der Waals surface area contributed by atoms with E-state index < -0.39 is 0 Å². The molecule has 1 amide bonds. The van der Waals surface area contributed by atoms with Gasteiger partial charge in [-0.3, -0.25) is 9.69 Å². The van der Waals surface area contributed by atoms with Gasteiger partial charge in [-0.05, 0) is 43.0 Å². The minimum Gasteiger partial charge on any atom is -0.454 e. The van der Waals surface area contributed by atoms with Crippen LogP contribution in [-0.2, 0) is 11.3 Å². The van der Waals surface area contributed by atoms with Crippen LogP contribution in [-0.4, -0.2) is 35.0 Å². The molecule has 8 heteroatoms. The summed E-state index contributed by atoms with van der Waals surface area (Å²) in [5.74, 6) is 2.86. The van der Waals surface area contributed by atoms with E-state index in [0.29, 0.717) is 27.3 Å². The number of nitrogens with zero attached hydrogens (tertiary/aromatic N) is 2. The maximum Gasteiger partial charge on any atom is 0.266 e. The zero-order valence-corrected chi connectivity index (χ0v) is 17.4. The Kier molecular flexibility index (Phi) is 4.97. The summed E-state index contributed by atoms with van der Waals surface area (Å²) < 4.78 is 17.3. The monoisotopic (exact) mass is 428 g/mol. The number of benzene rings is 1. The number of hydrogen-bond acceptors (Lipinski definition) is 7. The van der Waals surface area contributed by atoms with Gasteiger partial charge in [-0.2, -0.15) is 0 Å². The standard InChI is InChI=1S/C21H20N2O4S2/c24-20-18(11-15-5-7-19(27-15)22-8-2-1-3-9-22)29-21(28)23(20)12-14-4-6-16-17(10-14)26-13-25-16/h4-7,10-11H,1-3,8-9,12-13H2. The van der Waals surface area contributed by atoms with Crippen LogP contribution in [0.5, 0.6) is 11.5 Å². The van der Waals surface area contributed by atoms with Crippen LogP contribution in [0.4, 0.5) is 5.88 Å². The Labute approximate surface area is 178 Å². The van der Waals surface area contributed by atoms with Crippen molar-refractivity contribution in [3.8, 4) is 11.5 Å². The molecule has 4 heterocycles. The summed E-state index contributed by atoms with van der Waals surface area (Å²) in [6, 6.07) is 9.56. The van der Waals surface area contributed by atoms with E-state index in [4.69, 9.17) is 26.1 Å². The Morgan fingerprint density at radius 1 is 1.07 bits per heavy atom. The van der Waals surface area contributed by atoms with Crippen molar-refractivity contribution >= 4 is 46.2 Å². The number of furan rings is 1. The van der Waals surface area contributed by atoms with Crippen molar-refractivity contribution in [1.82, 2.24) is 4.90 Å². The van der Waals surface area contributed by atoms with E-state index in [1.54, 1.807) is 11.0 Å². The first kappa shape index (κ1) is 18.6. The average molecular weight is 429 g/mol. The molecule has 3 aliphatic rings. The van der Waals surface area contributed by atoms with Gasteiger partial charge in [0.2, 0.25) is 6.79 Å². The molecule has 6 nitrogen and oxygen atoms in total. The Balaban J connectivity index is 1.30. The Morgan fingerprint density at radius 2 is 1.90 bits per heavy atom. The molecule has 0 bridgehead atoms. The number of amides is 1. The lowest BCUT2D eigenvalue weighted by atomic mass is 10.1. The highest BCUT2D eigenvalue weighted by molar-refractivity contribution is 8.26. The van der Waals surface area contributed by atoms with Crippen LogP contribution in [0.2, 0.25) is 0 Å². The van der Waals surface area contributed by atoms with E-state index in [-0.39, 0.29) is 12.7 Å². The van der Waals surface area contributed by atoms with Crippen LogP contribution in [0.25, 0.3) is 6.08 Å². The fourth-order valence-corrected chi connectivity index (χ4v) is 4.93. The number of ether oxygens (including phenoxy) is 2. The predicted molar refractivity (Wildman–Crippen MR) is 116 cm³/mol. The van der Waals surface area contributed by atoms with Gasteiger partial charge in [-0.15, -0.1) is 0 Å². The van der Waals surface area contributed by atoms with Crippen LogP contribution >= 0.6 is 24.0 Å². The minimum atomic E-state index is -0.103. The van der Waals surface area contributed by atoms with Crippen molar-refractivity contribution in [3.63, 3.8) is 0 Å². The van der Waals surface area contributed by atoms with E-state index in [2.05, 4.69) is 4.90 Å². The third-order valence-electron chi connectivity index (χ3n) is 5.20. The molecule has 0 spiro atoms. The van der Waals surface area contributed by atoms with Gasteiger partial charge in [0.05, 0.1) is 11.4 Å². The quantitative estimate of drug-likeness (QED) is 0.528. The van der Waals surface area contributed by atoms with Crippen molar-refractivity contribution in [2.75, 3.05) is 24.8 Å². The second kappa shape index (κ2) is 7.76. The van der Waals surface area contributed by atoms with E-state index in [0.717, 1.165) is 30.3 Å². The molecule has 0 saturated carbocycles. The van der Waals surface area contributed by atoms with E-state index in [1.807, 2.05) is 30.3 Å². The molecule has 3 aliphatic heterocycles. The van der Waals surface area contributed by atoms with Crippen molar-refractivity contribution in [1.29, 1.82) is 0 Å². The summed E-state index contributed by atoms with van der Waals surface area (Å²) in [6.45, 7) is 2.66. The van der Waals surface area contributed by atoms with Gasteiger partial charge < -0.3 is 18.8 Å². The maximum atomic E-state index is 12.9. The van der Waals surface area contributed by atoms with Gasteiger partial charge in [0.25, 0.3) is 5.91 Å². The number of rotatable bonds is 4. The maximum absolute atomic E-state index is 12.9. The number of hydrogen-bond donors (Lipinski definition) is 0. The first-order valence-corrected chi connectivity index (χ1v) is 10.9. The summed E-state index contributed by atoms with van der Waals surface area (Å²) >= 11 is 6.75. The normalized spacial score (nSPS) is 20.2. The molecule has 2 fully saturated rings. The number of thioether (sulfide) groups is 1. The lowest BCUT2D eigenvalue weighted by Crippen LogP contribution is -2.28. The summed E-state index contributed by atoms with van der Waals surface area (Å²) in [7, 11) is 0. The summed E-state index contributed by atoms with van der Waals surface area (Å²) in [6.07, 6.45) is 5.44. The molecule has 1 aromatic heterocycles. The van der Waals surface area contributed by atoms with Crippen LogP contribution in [0.15, 0.2) is 39.7 Å². The number of piperidine rings is 1. The molecule has 29 heavy (non-hydrogen) atoms. The highest BCUT2D eigenvalue weighted by Gasteiger charge is 2.32. The molecule has 0 radical (unpaired) electrons. The number of fused-ring (bicyclic) bond motifs is 1. The van der Waals surface area contributed by atoms with Gasteiger partial charge in [0, 0.05) is 25.2 Å². The van der Waals surface area contributed by atoms with E-state index in [1.165, 1.54) is 31.0 Å². The van der Waals surface area contributed by atoms with Gasteiger partial charge in [0.1, 0.15) is 10.1 Å². The number of anilines is 1. The molecule has 2 saturated heterocycles. The Morgan fingerprint density at radius 3 is 2.76 bits per heavy atom. The fourth-order valence-electron chi connectivity index (χ4n) is 3.69. The molecule has 1 aromatic carbocycles. The zero-order valence-electron chi connectivity index (χ0n) is 15.8. The van der Waals surface area contributed by atoms with Gasteiger partial charge >= 0.3 is 0 Å². The topological polar surface area (TPSA) is 55.2 Å². The Bertz CT molecular complexity index is 994. The molecule has 0 atom stereocenters. The van der Waals surface area contributed by atoms with Crippen molar-refractivity contribution in [2.24, 2.45) is 0 Å². The molecular weight excluding hydrogens is 408 g/mol. The fraction of sp³-hybridized carbons (Fsp3) is 0.333. The summed E-state index contributed by atoms with van der Waals surface area (Å²) in [4.78, 5) is 17.4. The molecule has 150 valence electrons. The SMILES string of the molecule is O=C1C(=Cc2ccc(N3CCCCC3)o2)SC(=S)N1Cc1ccc2c(c1)OCO2. The van der Waals surface area contributed by atoms with Gasteiger partial charge in [0.15, 0.2) is 17.4 Å². The second-order valence-corrected chi connectivity index (χ2v) is 8.85. The van der Waals surface area contributed by atoms with Gasteiger partial charge in [-0.25, -0.2) is 0 Å². The Hall–Kier alpha value is -2.45. The molecule has 2 aromatic rings. The average Bonchev–Trinajstić information content (AvgIpc) is 3.45. The van der Waals surface area contributed by atoms with E-state index in [9.17, 15) is 4.79 Å². The predicted octanol–water partition coefficient (Wildman–Crippen LogP) is 4.40. The molecule has 5 rings (SSSR count). The van der Waals surface area contributed by atoms with Crippen LogP contribution in [0.1, 0.15) is 30.6 Å². The van der Waals surface area contributed by atoms with E-state index >= 15 is 0 Å². The number of carbonyl (C=O) groups excluding carboxylic acids is 1. The van der Waals surface area contributed by atoms with Crippen molar-refractivity contribution in [2.45, 2.75) is 25.8 Å². The lowest BCUT2D eigenvalue weighted by molar-refractivity contribution is -0.122. The number of thiocarbonyl (C=S) groups is 1. The first-order valence-electron chi connectivity index (χ1n) is 9.66. The highest BCUT2D eigenvalue weighted by Crippen LogP contribution is 2.37. The number of carbonyl (C=O) groups is 1. The van der Waals surface area contributed by atoms with Gasteiger partial charge in [-0.1, -0.05) is 30.0 Å². The third-order valence-corrected chi connectivity index (χ3v) is 6.58. The van der Waals surface area contributed by atoms with Crippen LogP contribution < -0.4 is 14.4 Å². The molecular formula is C21H20N2O4S2. The lowest BCUT2D eigenvalue weighted by Gasteiger charge is -2.25. The third kappa shape index (κ3) is 3.74. The summed E-state index contributed by atoms with van der Waals surface area (Å²) in [5.41, 5.74) is 0.942. The van der Waals surface area contributed by atoms with Crippen LogP contribution in [0, 0.1) is 0 Å².